The van der Waals surface area contributed by atoms with Crippen molar-refractivity contribution in [3.05, 3.63) is 52.5 Å². The maximum atomic E-state index is 13.2. The zero-order valence-corrected chi connectivity index (χ0v) is 16.5. The topological polar surface area (TPSA) is 73.0 Å². The minimum absolute atomic E-state index is 0.0836. The molecule has 152 valence electrons. The molecule has 1 amide bonds. The summed E-state index contributed by atoms with van der Waals surface area (Å²) in [6.45, 7) is 3.65. The van der Waals surface area contributed by atoms with Gasteiger partial charge in [-0.05, 0) is 44.0 Å². The summed E-state index contributed by atoms with van der Waals surface area (Å²) in [5.41, 5.74) is 0.834. The molecule has 1 fully saturated rings. The molecule has 1 saturated heterocycles. The van der Waals surface area contributed by atoms with Crippen molar-refractivity contribution in [3.8, 4) is 5.69 Å². The maximum Gasteiger partial charge on any atom is 0.264 e. The average Bonchev–Trinajstić information content (AvgIpc) is 2.94. The molecule has 0 N–H and O–H groups in total. The van der Waals surface area contributed by atoms with Gasteiger partial charge < -0.3 is 4.90 Å². The molecule has 0 radical (unpaired) electrons. The number of rotatable bonds is 4. The zero-order valence-electron chi connectivity index (χ0n) is 16.5. The number of carbonyl (C=O) groups excluding carboxylic acids is 1. The Labute approximate surface area is 167 Å². The Hall–Kier alpha value is -3.03. The van der Waals surface area contributed by atoms with Crippen molar-refractivity contribution in [2.75, 3.05) is 13.1 Å². The number of aromatic nitrogens is 4. The van der Waals surface area contributed by atoms with Gasteiger partial charge in [-0.25, -0.2) is 14.1 Å². The monoisotopic (exact) mass is 397 g/mol. The van der Waals surface area contributed by atoms with Crippen molar-refractivity contribution in [2.45, 2.75) is 45.6 Å². The summed E-state index contributed by atoms with van der Waals surface area (Å²) in [6.07, 6.45) is 6.17. The number of benzene rings is 1. The summed E-state index contributed by atoms with van der Waals surface area (Å²) in [4.78, 5) is 32.0. The number of hydrogen-bond acceptors (Lipinski definition) is 4. The summed E-state index contributed by atoms with van der Waals surface area (Å²) in [5, 5.41) is 4.64. The van der Waals surface area contributed by atoms with Crippen LogP contribution in [0.2, 0.25) is 0 Å². The lowest BCUT2D eigenvalue weighted by Gasteiger charge is -2.20. The molecule has 4 rings (SSSR count). The van der Waals surface area contributed by atoms with Crippen LogP contribution >= 0.6 is 0 Å². The van der Waals surface area contributed by atoms with Crippen molar-refractivity contribution in [1.82, 2.24) is 24.2 Å². The molecule has 0 unspecified atom stereocenters. The van der Waals surface area contributed by atoms with E-state index in [1.165, 1.54) is 40.4 Å². The van der Waals surface area contributed by atoms with Gasteiger partial charge in [0.15, 0.2) is 5.65 Å². The second-order valence-electron chi connectivity index (χ2n) is 7.43. The SMILES string of the molecule is Cc1nc2c(cnn2-c2ccc(F)cc2)c(=O)n1CCC(=O)N1CCCCCC1. The first-order valence-corrected chi connectivity index (χ1v) is 10.0. The van der Waals surface area contributed by atoms with E-state index in [0.717, 1.165) is 25.9 Å². The zero-order chi connectivity index (χ0) is 20.4. The van der Waals surface area contributed by atoms with Gasteiger partial charge >= 0.3 is 0 Å². The highest BCUT2D eigenvalue weighted by atomic mass is 19.1. The molecule has 3 heterocycles. The molecule has 1 aliphatic heterocycles. The highest BCUT2D eigenvalue weighted by Gasteiger charge is 2.18. The van der Waals surface area contributed by atoms with Crippen molar-refractivity contribution in [3.63, 3.8) is 0 Å². The van der Waals surface area contributed by atoms with E-state index in [0.29, 0.717) is 29.1 Å². The van der Waals surface area contributed by atoms with Gasteiger partial charge in [0.05, 0.1) is 11.9 Å². The third-order valence-electron chi connectivity index (χ3n) is 5.46. The first kappa shape index (κ1) is 19.3. The highest BCUT2D eigenvalue weighted by Crippen LogP contribution is 2.16. The summed E-state index contributed by atoms with van der Waals surface area (Å²) in [6, 6.07) is 5.85. The number of nitrogens with zero attached hydrogens (tertiary/aromatic N) is 5. The molecular weight excluding hydrogens is 373 g/mol. The molecule has 8 heteroatoms. The highest BCUT2D eigenvalue weighted by molar-refractivity contribution is 5.77. The van der Waals surface area contributed by atoms with E-state index in [2.05, 4.69) is 10.1 Å². The molecule has 0 spiro atoms. The summed E-state index contributed by atoms with van der Waals surface area (Å²) in [5.74, 6) is 0.265. The van der Waals surface area contributed by atoms with Crippen LogP contribution in [0.3, 0.4) is 0 Å². The molecule has 0 aliphatic carbocycles. The Kier molecular flexibility index (Phi) is 5.42. The van der Waals surface area contributed by atoms with E-state index in [1.807, 2.05) is 4.90 Å². The van der Waals surface area contributed by atoms with E-state index in [-0.39, 0.29) is 23.7 Å². The molecule has 29 heavy (non-hydrogen) atoms. The molecular formula is C21H24FN5O2. The quantitative estimate of drug-likeness (QED) is 0.679. The lowest BCUT2D eigenvalue weighted by molar-refractivity contribution is -0.131. The number of hydrogen-bond donors (Lipinski definition) is 0. The fraction of sp³-hybridized carbons (Fsp3) is 0.429. The Morgan fingerprint density at radius 2 is 1.79 bits per heavy atom. The number of amides is 1. The molecule has 0 saturated carbocycles. The number of likely N-dealkylation sites (tertiary alicyclic amines) is 1. The number of fused-ring (bicyclic) bond motifs is 1. The summed E-state index contributed by atoms with van der Waals surface area (Å²) in [7, 11) is 0. The Balaban J connectivity index is 1.58. The van der Waals surface area contributed by atoms with Crippen LogP contribution in [0.1, 0.15) is 37.9 Å². The van der Waals surface area contributed by atoms with Gasteiger partial charge in [-0.1, -0.05) is 12.8 Å². The van der Waals surface area contributed by atoms with Crippen LogP contribution in [0.15, 0.2) is 35.3 Å². The Morgan fingerprint density at radius 3 is 2.48 bits per heavy atom. The van der Waals surface area contributed by atoms with Crippen LogP contribution in [0.5, 0.6) is 0 Å². The van der Waals surface area contributed by atoms with Crippen LogP contribution in [-0.4, -0.2) is 43.2 Å². The molecule has 7 nitrogen and oxygen atoms in total. The van der Waals surface area contributed by atoms with E-state index in [4.69, 9.17) is 0 Å². The van der Waals surface area contributed by atoms with Gasteiger partial charge in [0.1, 0.15) is 17.0 Å². The number of carbonyl (C=O) groups is 1. The minimum atomic E-state index is -0.342. The molecule has 3 aromatic rings. The predicted octanol–water partition coefficient (Wildman–Crippen LogP) is 2.82. The number of halogens is 1. The third kappa shape index (κ3) is 3.92. The fourth-order valence-electron chi connectivity index (χ4n) is 3.83. The van der Waals surface area contributed by atoms with Crippen molar-refractivity contribution >= 4 is 16.9 Å². The van der Waals surface area contributed by atoms with Crippen LogP contribution < -0.4 is 5.56 Å². The van der Waals surface area contributed by atoms with Gasteiger partial charge in [-0.2, -0.15) is 5.10 Å². The van der Waals surface area contributed by atoms with E-state index in [9.17, 15) is 14.0 Å². The van der Waals surface area contributed by atoms with Crippen LogP contribution in [0.4, 0.5) is 4.39 Å². The standard InChI is InChI=1S/C21H24FN5O2/c1-15-24-20-18(14-23-27(20)17-8-6-16(22)7-9-17)21(29)26(15)13-10-19(28)25-11-4-2-3-5-12-25/h6-9,14H,2-5,10-13H2,1H3. The summed E-state index contributed by atoms with van der Waals surface area (Å²) < 4.78 is 16.3. The lowest BCUT2D eigenvalue weighted by atomic mass is 10.2. The molecule has 2 aromatic heterocycles. The van der Waals surface area contributed by atoms with Gasteiger partial charge in [0.2, 0.25) is 5.91 Å². The van der Waals surface area contributed by atoms with Crippen molar-refractivity contribution in [1.29, 1.82) is 0 Å². The van der Waals surface area contributed by atoms with Crippen LogP contribution in [0, 0.1) is 12.7 Å². The van der Waals surface area contributed by atoms with Crippen LogP contribution in [-0.2, 0) is 11.3 Å². The summed E-state index contributed by atoms with van der Waals surface area (Å²) >= 11 is 0. The van der Waals surface area contributed by atoms with Gasteiger partial charge in [-0.3, -0.25) is 14.2 Å². The molecule has 1 aliphatic rings. The first-order valence-electron chi connectivity index (χ1n) is 10.0. The van der Waals surface area contributed by atoms with E-state index in [1.54, 1.807) is 19.1 Å². The predicted molar refractivity (Wildman–Crippen MR) is 107 cm³/mol. The van der Waals surface area contributed by atoms with E-state index < -0.39 is 0 Å². The van der Waals surface area contributed by atoms with E-state index >= 15 is 0 Å². The van der Waals surface area contributed by atoms with Gasteiger partial charge in [0.25, 0.3) is 5.56 Å². The lowest BCUT2D eigenvalue weighted by Crippen LogP contribution is -2.34. The molecule has 0 bridgehead atoms. The number of aryl methyl sites for hydroxylation is 1. The van der Waals surface area contributed by atoms with Crippen molar-refractivity contribution in [2.24, 2.45) is 0 Å². The minimum Gasteiger partial charge on any atom is -0.343 e. The average molecular weight is 397 g/mol. The van der Waals surface area contributed by atoms with Gasteiger partial charge in [0, 0.05) is 26.1 Å². The molecule has 1 aromatic carbocycles. The fourth-order valence-corrected chi connectivity index (χ4v) is 3.83. The largest absolute Gasteiger partial charge is 0.343 e. The Morgan fingerprint density at radius 1 is 1.10 bits per heavy atom. The smallest absolute Gasteiger partial charge is 0.264 e. The Bertz CT molecular complexity index is 1080. The molecule has 0 atom stereocenters. The maximum absolute atomic E-state index is 13.2. The first-order chi connectivity index (χ1) is 14.0. The van der Waals surface area contributed by atoms with Crippen molar-refractivity contribution < 1.29 is 9.18 Å². The van der Waals surface area contributed by atoms with Gasteiger partial charge in [-0.15, -0.1) is 0 Å². The third-order valence-corrected chi connectivity index (χ3v) is 5.46. The second kappa shape index (κ2) is 8.14. The second-order valence-corrected chi connectivity index (χ2v) is 7.43. The van der Waals surface area contributed by atoms with Crippen LogP contribution in [0.25, 0.3) is 16.7 Å². The normalized spacial score (nSPS) is 14.9.